The maximum absolute atomic E-state index is 13.4. The molecule has 3 aromatic rings. The van der Waals surface area contributed by atoms with E-state index in [9.17, 15) is 14.7 Å². The Labute approximate surface area is 242 Å². The number of rotatable bonds is 6. The summed E-state index contributed by atoms with van der Waals surface area (Å²) in [5.41, 5.74) is 3.98. The molecule has 2 saturated carbocycles. The lowest BCUT2D eigenvalue weighted by Crippen LogP contribution is -2.41. The minimum absolute atomic E-state index is 0.178. The molecule has 2 fully saturated rings. The summed E-state index contributed by atoms with van der Waals surface area (Å²) in [5, 5.41) is 14.2. The van der Waals surface area contributed by atoms with Gasteiger partial charge in [0.2, 0.25) is 0 Å². The van der Waals surface area contributed by atoms with E-state index >= 15 is 0 Å². The number of hydrogen-bond donors (Lipinski definition) is 1. The number of carbonyl (C=O) groups is 2. The second-order valence-electron chi connectivity index (χ2n) is 11.3. The Hall–Kier alpha value is -3.13. The standard InChI is InChI=1S/C30H33IN4O4/c1-6-7-26(36)35(24-14-17(2)22(31)15-20(24)18-8-9-18)25-13-12-23-27(32-25)28(33-34(23)5)39-19-10-11-21(29(37)38)30(3,4)16-19/h12-15,18-19,21H,8-11,16H2,1-5H3,(H,37,38)/t19-,21-/m0/s1. The largest absolute Gasteiger partial charge is 0.481 e. The number of benzene rings is 1. The van der Waals surface area contributed by atoms with E-state index < -0.39 is 17.3 Å². The van der Waals surface area contributed by atoms with Gasteiger partial charge >= 0.3 is 11.9 Å². The van der Waals surface area contributed by atoms with Crippen molar-refractivity contribution in [3.63, 3.8) is 0 Å². The molecule has 39 heavy (non-hydrogen) atoms. The summed E-state index contributed by atoms with van der Waals surface area (Å²) in [7, 11) is 1.83. The fraction of sp³-hybridized carbons (Fsp3) is 0.467. The molecule has 9 heteroatoms. The Morgan fingerprint density at radius 1 is 1.21 bits per heavy atom. The van der Waals surface area contributed by atoms with Crippen molar-refractivity contribution in [2.75, 3.05) is 4.90 Å². The van der Waals surface area contributed by atoms with Crippen LogP contribution in [0.25, 0.3) is 11.0 Å². The first kappa shape index (κ1) is 27.4. The minimum Gasteiger partial charge on any atom is -0.481 e. The number of hydrogen-bond acceptors (Lipinski definition) is 5. The van der Waals surface area contributed by atoms with E-state index in [1.165, 1.54) is 3.57 Å². The third-order valence-electron chi connectivity index (χ3n) is 7.93. The van der Waals surface area contributed by atoms with Crippen LogP contribution in [0.3, 0.4) is 0 Å². The molecule has 1 N–H and O–H groups in total. The number of carboxylic acids is 1. The van der Waals surface area contributed by atoms with Crippen molar-refractivity contribution in [3.05, 3.63) is 39.0 Å². The highest BCUT2D eigenvalue weighted by atomic mass is 127. The molecule has 2 atom stereocenters. The van der Waals surface area contributed by atoms with Gasteiger partial charge in [0.25, 0.3) is 5.88 Å². The Bertz CT molecular complexity index is 1530. The lowest BCUT2D eigenvalue weighted by molar-refractivity contribution is -0.149. The Balaban J connectivity index is 1.55. The van der Waals surface area contributed by atoms with E-state index in [4.69, 9.17) is 9.72 Å². The van der Waals surface area contributed by atoms with Gasteiger partial charge < -0.3 is 9.84 Å². The lowest BCUT2D eigenvalue weighted by Gasteiger charge is -2.39. The van der Waals surface area contributed by atoms with Gasteiger partial charge in [0.1, 0.15) is 11.9 Å². The van der Waals surface area contributed by atoms with Crippen LogP contribution in [0.1, 0.15) is 69.9 Å². The molecule has 0 saturated heterocycles. The van der Waals surface area contributed by atoms with Crippen LogP contribution in [0.15, 0.2) is 24.3 Å². The molecule has 0 aliphatic heterocycles. The fourth-order valence-corrected chi connectivity index (χ4v) is 6.18. The first-order valence-electron chi connectivity index (χ1n) is 13.3. The Morgan fingerprint density at radius 3 is 2.59 bits per heavy atom. The summed E-state index contributed by atoms with van der Waals surface area (Å²) in [5.74, 6) is 5.23. The molecular weight excluding hydrogens is 607 g/mol. The van der Waals surface area contributed by atoms with Crippen molar-refractivity contribution in [3.8, 4) is 17.7 Å². The smallest absolute Gasteiger partial charge is 0.308 e. The zero-order valence-electron chi connectivity index (χ0n) is 22.9. The third kappa shape index (κ3) is 5.36. The summed E-state index contributed by atoms with van der Waals surface area (Å²) >= 11 is 2.34. The molecule has 1 aromatic carbocycles. The third-order valence-corrected chi connectivity index (χ3v) is 9.09. The van der Waals surface area contributed by atoms with Gasteiger partial charge in [-0.2, -0.15) is 0 Å². The first-order valence-corrected chi connectivity index (χ1v) is 14.4. The van der Waals surface area contributed by atoms with Crippen molar-refractivity contribution >= 4 is 57.0 Å². The average Bonchev–Trinajstić information content (AvgIpc) is 3.66. The molecule has 0 spiro atoms. The maximum atomic E-state index is 13.4. The van der Waals surface area contributed by atoms with Crippen LogP contribution >= 0.6 is 22.6 Å². The topological polar surface area (TPSA) is 97.6 Å². The van der Waals surface area contributed by atoms with Crippen molar-refractivity contribution in [2.45, 2.75) is 71.8 Å². The molecule has 5 rings (SSSR count). The van der Waals surface area contributed by atoms with Crippen LogP contribution in [0.4, 0.5) is 11.5 Å². The number of ether oxygens (including phenoxy) is 1. The van der Waals surface area contributed by atoms with Crippen molar-refractivity contribution in [2.24, 2.45) is 18.4 Å². The molecule has 0 radical (unpaired) electrons. The monoisotopic (exact) mass is 640 g/mol. The number of anilines is 2. The van der Waals surface area contributed by atoms with Crippen LogP contribution in [0.5, 0.6) is 5.88 Å². The molecule has 2 aliphatic carbocycles. The number of aromatic nitrogens is 3. The van der Waals surface area contributed by atoms with Crippen molar-refractivity contribution in [1.29, 1.82) is 0 Å². The summed E-state index contributed by atoms with van der Waals surface area (Å²) in [6.45, 7) is 7.65. The predicted molar refractivity (Wildman–Crippen MR) is 158 cm³/mol. The number of carbonyl (C=O) groups excluding carboxylic acids is 1. The zero-order valence-corrected chi connectivity index (χ0v) is 25.1. The van der Waals surface area contributed by atoms with Gasteiger partial charge in [-0.25, -0.2) is 4.98 Å². The highest BCUT2D eigenvalue weighted by Crippen LogP contribution is 2.47. The van der Waals surface area contributed by atoms with Crippen LogP contribution in [-0.4, -0.2) is 37.9 Å². The molecule has 204 valence electrons. The van der Waals surface area contributed by atoms with Gasteiger partial charge in [-0.05, 0) is 121 Å². The number of aliphatic carboxylic acids is 1. The van der Waals surface area contributed by atoms with Crippen molar-refractivity contribution in [1.82, 2.24) is 14.8 Å². The van der Waals surface area contributed by atoms with Gasteiger partial charge in [-0.1, -0.05) is 19.8 Å². The van der Waals surface area contributed by atoms with Gasteiger partial charge in [0.15, 0.2) is 5.52 Å². The highest BCUT2D eigenvalue weighted by molar-refractivity contribution is 14.1. The number of halogens is 1. The fourth-order valence-electron chi connectivity index (χ4n) is 5.69. The number of pyridine rings is 1. The lowest BCUT2D eigenvalue weighted by atomic mass is 9.68. The molecule has 0 unspecified atom stereocenters. The zero-order chi connectivity index (χ0) is 28.1. The number of nitrogens with zero attached hydrogens (tertiary/aromatic N) is 4. The van der Waals surface area contributed by atoms with E-state index in [1.54, 1.807) is 16.5 Å². The molecule has 2 aromatic heterocycles. The number of fused-ring (bicyclic) bond motifs is 1. The summed E-state index contributed by atoms with van der Waals surface area (Å²) < 4.78 is 9.27. The van der Waals surface area contributed by atoms with Crippen LogP contribution < -0.4 is 9.64 Å². The molecule has 8 nitrogen and oxygen atoms in total. The van der Waals surface area contributed by atoms with E-state index in [-0.39, 0.29) is 12.0 Å². The van der Waals surface area contributed by atoms with Crippen LogP contribution in [0.2, 0.25) is 0 Å². The number of aryl methyl sites for hydroxylation is 2. The summed E-state index contributed by atoms with van der Waals surface area (Å²) in [6.07, 6.45) is 3.79. The Morgan fingerprint density at radius 2 is 1.95 bits per heavy atom. The summed E-state index contributed by atoms with van der Waals surface area (Å²) in [4.78, 5) is 31.7. The van der Waals surface area contributed by atoms with Gasteiger partial charge in [-0.3, -0.25) is 19.2 Å². The first-order chi connectivity index (χ1) is 18.5. The second-order valence-corrected chi connectivity index (χ2v) is 12.5. The van der Waals surface area contributed by atoms with Crippen LogP contribution in [-0.2, 0) is 16.6 Å². The molecule has 2 heterocycles. The molecule has 2 aliphatic rings. The minimum atomic E-state index is -0.760. The Kier molecular flexibility index (Phi) is 7.35. The average molecular weight is 641 g/mol. The van der Waals surface area contributed by atoms with Gasteiger partial charge in [0.05, 0.1) is 17.1 Å². The number of carboxylic acid groups (broad SMARTS) is 1. The normalized spacial score (nSPS) is 20.3. The maximum Gasteiger partial charge on any atom is 0.308 e. The number of amides is 1. The summed E-state index contributed by atoms with van der Waals surface area (Å²) in [6, 6.07) is 7.96. The predicted octanol–water partition coefficient (Wildman–Crippen LogP) is 6.11. The van der Waals surface area contributed by atoms with Crippen molar-refractivity contribution < 1.29 is 19.4 Å². The van der Waals surface area contributed by atoms with Crippen LogP contribution in [0, 0.1) is 33.7 Å². The van der Waals surface area contributed by atoms with E-state index in [0.29, 0.717) is 42.4 Å². The molecule has 1 amide bonds. The SMILES string of the molecule is CC#CC(=O)N(c1ccc2c(n1)c(O[C@H]1CC[C@@H](C(=O)O)C(C)(C)C1)nn2C)c1cc(C)c(I)cc1C1CC1. The van der Waals surface area contributed by atoms with E-state index in [2.05, 4.69) is 51.7 Å². The van der Waals surface area contributed by atoms with Gasteiger partial charge in [0, 0.05) is 10.6 Å². The quantitative estimate of drug-likeness (QED) is 0.258. The second kappa shape index (κ2) is 10.5. The van der Waals surface area contributed by atoms with E-state index in [1.807, 2.05) is 40.0 Å². The van der Waals surface area contributed by atoms with E-state index in [0.717, 1.165) is 35.2 Å². The highest BCUT2D eigenvalue weighted by Gasteiger charge is 2.42. The van der Waals surface area contributed by atoms with Gasteiger partial charge in [-0.15, -0.1) is 5.10 Å². The molecular formula is C30H33IN4O4. The molecule has 0 bridgehead atoms.